The van der Waals surface area contributed by atoms with E-state index in [1.807, 2.05) is 13.8 Å². The third-order valence-electron chi connectivity index (χ3n) is 5.73. The number of carbonyl (C=O) groups is 1. The lowest BCUT2D eigenvalue weighted by Gasteiger charge is -2.28. The lowest BCUT2D eigenvalue weighted by molar-refractivity contribution is 0.0702. The van der Waals surface area contributed by atoms with Gasteiger partial charge in [-0.2, -0.15) is 4.39 Å². The van der Waals surface area contributed by atoms with E-state index in [9.17, 15) is 28.2 Å². The first-order valence-corrected chi connectivity index (χ1v) is 11.1. The number of ether oxygens (including phenoxy) is 1. The van der Waals surface area contributed by atoms with E-state index < -0.39 is 34.6 Å². The van der Waals surface area contributed by atoms with Crippen LogP contribution in [0.5, 0.6) is 5.75 Å². The van der Waals surface area contributed by atoms with Crippen molar-refractivity contribution in [2.45, 2.75) is 26.2 Å². The molecule has 0 spiro atoms. The molecule has 0 aliphatic rings. The number of methoxy groups -OCH3 is 1. The minimum absolute atomic E-state index is 0.0267. The van der Waals surface area contributed by atoms with Crippen LogP contribution in [0.25, 0.3) is 27.0 Å². The Labute approximate surface area is 197 Å². The zero-order valence-electron chi connectivity index (χ0n) is 18.9. The number of fused-ring (bicyclic) bond motifs is 1. The number of hydrogen-bond donors (Lipinski definition) is 2. The van der Waals surface area contributed by atoms with Crippen LogP contribution in [0, 0.1) is 24.4 Å². The van der Waals surface area contributed by atoms with Gasteiger partial charge in [0.1, 0.15) is 10.7 Å². The number of aromatic hydroxyl groups is 1. The first-order valence-electron chi connectivity index (χ1n) is 10.3. The summed E-state index contributed by atoms with van der Waals surface area (Å²) >= 11 is 0.949. The van der Waals surface area contributed by atoms with Crippen LogP contribution in [0.4, 0.5) is 13.2 Å². The second-order valence-corrected chi connectivity index (χ2v) is 9.78. The molecule has 2 aromatic heterocycles. The summed E-state index contributed by atoms with van der Waals surface area (Å²) in [6.45, 7) is 5.49. The number of rotatable bonds is 6. The number of carboxylic acid groups (broad SMARTS) is 1. The van der Waals surface area contributed by atoms with Crippen molar-refractivity contribution in [2.24, 2.45) is 0 Å². The monoisotopic (exact) mass is 489 g/mol. The third kappa shape index (κ3) is 3.74. The molecule has 0 aliphatic carbocycles. The molecule has 2 heterocycles. The van der Waals surface area contributed by atoms with Crippen molar-refractivity contribution in [1.82, 2.24) is 4.57 Å². The second-order valence-electron chi connectivity index (χ2n) is 8.69. The van der Waals surface area contributed by atoms with Crippen LogP contribution in [0.15, 0.2) is 36.4 Å². The normalized spacial score (nSPS) is 12.0. The predicted molar refractivity (Wildman–Crippen MR) is 125 cm³/mol. The summed E-state index contributed by atoms with van der Waals surface area (Å²) in [7, 11) is 1.51. The van der Waals surface area contributed by atoms with Crippen LogP contribution in [-0.4, -0.2) is 34.5 Å². The standard InChI is InChI=1S/C25H22F3NO4S/c1-12-9-13(5-6-14(12)26)29-16-10-15(27)21(28)22(30)19(16)20(23(29)25(2,3)11-33-4)17-7-8-18(34-17)24(31)32/h5-10,30H,11H2,1-4H3,(H,31,32). The van der Waals surface area contributed by atoms with Gasteiger partial charge < -0.3 is 19.5 Å². The predicted octanol–water partition coefficient (Wildman–Crippen LogP) is 6.41. The van der Waals surface area contributed by atoms with E-state index in [1.54, 1.807) is 23.6 Å². The summed E-state index contributed by atoms with van der Waals surface area (Å²) in [5.41, 5.74) is 1.06. The van der Waals surface area contributed by atoms with Crippen LogP contribution < -0.4 is 0 Å². The molecule has 178 valence electrons. The summed E-state index contributed by atoms with van der Waals surface area (Å²) in [6.07, 6.45) is 0. The molecule has 0 radical (unpaired) electrons. The maximum atomic E-state index is 14.6. The number of carboxylic acids is 1. The van der Waals surface area contributed by atoms with E-state index in [-0.39, 0.29) is 22.4 Å². The van der Waals surface area contributed by atoms with Crippen LogP contribution in [-0.2, 0) is 10.2 Å². The number of phenols is 1. The zero-order chi connectivity index (χ0) is 24.9. The Kier molecular flexibility index (Phi) is 5.95. The van der Waals surface area contributed by atoms with E-state index in [0.29, 0.717) is 27.4 Å². The Morgan fingerprint density at radius 2 is 1.82 bits per heavy atom. The molecule has 0 atom stereocenters. The molecule has 0 unspecified atom stereocenters. The summed E-state index contributed by atoms with van der Waals surface area (Å²) in [5, 5.41) is 20.2. The highest BCUT2D eigenvalue weighted by atomic mass is 32.1. The van der Waals surface area contributed by atoms with Gasteiger partial charge in [0.2, 0.25) is 5.82 Å². The highest BCUT2D eigenvalue weighted by Gasteiger charge is 2.35. The third-order valence-corrected chi connectivity index (χ3v) is 6.83. The van der Waals surface area contributed by atoms with Crippen molar-refractivity contribution in [1.29, 1.82) is 0 Å². The fourth-order valence-corrected chi connectivity index (χ4v) is 5.20. The van der Waals surface area contributed by atoms with Crippen LogP contribution in [0.3, 0.4) is 0 Å². The molecule has 0 aliphatic heterocycles. The number of thiophene rings is 1. The van der Waals surface area contributed by atoms with Crippen LogP contribution in [0.2, 0.25) is 0 Å². The molecule has 0 amide bonds. The van der Waals surface area contributed by atoms with Crippen molar-refractivity contribution < 1.29 is 32.9 Å². The molecule has 34 heavy (non-hydrogen) atoms. The smallest absolute Gasteiger partial charge is 0.345 e. The maximum absolute atomic E-state index is 14.6. The average Bonchev–Trinajstić information content (AvgIpc) is 3.37. The minimum Gasteiger partial charge on any atom is -0.504 e. The van der Waals surface area contributed by atoms with Gasteiger partial charge in [-0.25, -0.2) is 13.6 Å². The molecule has 0 fully saturated rings. The molecule has 2 N–H and O–H groups in total. The zero-order valence-corrected chi connectivity index (χ0v) is 19.7. The second kappa shape index (κ2) is 8.48. The van der Waals surface area contributed by atoms with Crippen molar-refractivity contribution in [3.8, 4) is 21.9 Å². The van der Waals surface area contributed by atoms with Crippen molar-refractivity contribution in [2.75, 3.05) is 13.7 Å². The Bertz CT molecular complexity index is 1440. The summed E-state index contributed by atoms with van der Waals surface area (Å²) in [4.78, 5) is 12.0. The average molecular weight is 490 g/mol. The molecule has 0 bridgehead atoms. The van der Waals surface area contributed by atoms with Gasteiger partial charge >= 0.3 is 5.97 Å². The number of halogens is 3. The Morgan fingerprint density at radius 1 is 1.12 bits per heavy atom. The number of aryl methyl sites for hydroxylation is 1. The first kappa shape index (κ1) is 23.8. The van der Waals surface area contributed by atoms with E-state index in [0.717, 1.165) is 17.4 Å². The lowest BCUT2D eigenvalue weighted by atomic mass is 9.86. The number of phenolic OH excluding ortho intramolecular Hbond substituents is 1. The van der Waals surface area contributed by atoms with Gasteiger partial charge in [-0.1, -0.05) is 13.8 Å². The van der Waals surface area contributed by atoms with Gasteiger partial charge in [0.05, 0.1) is 17.5 Å². The van der Waals surface area contributed by atoms with Gasteiger partial charge in [-0.15, -0.1) is 11.3 Å². The van der Waals surface area contributed by atoms with Crippen molar-refractivity contribution in [3.05, 3.63) is 70.0 Å². The summed E-state index contributed by atoms with van der Waals surface area (Å²) < 4.78 is 50.3. The largest absolute Gasteiger partial charge is 0.504 e. The molecule has 0 saturated carbocycles. The van der Waals surface area contributed by atoms with Crippen LogP contribution in [0.1, 0.15) is 34.8 Å². The highest BCUT2D eigenvalue weighted by molar-refractivity contribution is 7.17. The molecular formula is C25H22F3NO4S. The number of nitrogens with zero attached hydrogens (tertiary/aromatic N) is 1. The molecule has 0 saturated heterocycles. The van der Waals surface area contributed by atoms with Gasteiger partial charge in [-0.05, 0) is 42.8 Å². The fraction of sp³-hybridized carbons (Fsp3) is 0.240. The lowest BCUT2D eigenvalue weighted by Crippen LogP contribution is -2.27. The van der Waals surface area contributed by atoms with E-state index in [1.165, 1.54) is 25.3 Å². The van der Waals surface area contributed by atoms with Crippen molar-refractivity contribution in [3.63, 3.8) is 0 Å². The van der Waals surface area contributed by atoms with Gasteiger partial charge in [0.25, 0.3) is 0 Å². The molecule has 5 nitrogen and oxygen atoms in total. The Morgan fingerprint density at radius 3 is 2.41 bits per heavy atom. The molecular weight excluding hydrogens is 467 g/mol. The quantitative estimate of drug-likeness (QED) is 0.328. The number of aromatic carboxylic acids is 1. The minimum atomic E-state index is -1.41. The fourth-order valence-electron chi connectivity index (χ4n) is 4.31. The maximum Gasteiger partial charge on any atom is 0.345 e. The van der Waals surface area contributed by atoms with Gasteiger partial charge in [0.15, 0.2) is 11.6 Å². The Balaban J connectivity index is 2.25. The van der Waals surface area contributed by atoms with Crippen LogP contribution >= 0.6 is 11.3 Å². The molecule has 2 aromatic carbocycles. The highest BCUT2D eigenvalue weighted by Crippen LogP contribution is 2.48. The molecule has 4 aromatic rings. The van der Waals surface area contributed by atoms with Gasteiger partial charge in [0, 0.05) is 40.4 Å². The van der Waals surface area contributed by atoms with Crippen molar-refractivity contribution >= 4 is 28.2 Å². The van der Waals surface area contributed by atoms with E-state index >= 15 is 0 Å². The SMILES string of the molecule is COCC(C)(C)c1c(-c2ccc(C(=O)O)s2)c2c(O)c(F)c(F)cc2n1-c1ccc(F)c(C)c1. The molecule has 4 rings (SSSR count). The first-order chi connectivity index (χ1) is 16.0. The van der Waals surface area contributed by atoms with Gasteiger partial charge in [-0.3, -0.25) is 0 Å². The number of aromatic nitrogens is 1. The topological polar surface area (TPSA) is 71.7 Å². The Hall–Kier alpha value is -3.30. The number of benzene rings is 2. The summed E-state index contributed by atoms with van der Waals surface area (Å²) in [6, 6.07) is 8.31. The number of hydrogen-bond acceptors (Lipinski definition) is 4. The van der Waals surface area contributed by atoms with E-state index in [2.05, 4.69) is 0 Å². The molecule has 9 heteroatoms. The van der Waals surface area contributed by atoms with E-state index in [4.69, 9.17) is 4.74 Å². The summed E-state index contributed by atoms with van der Waals surface area (Å²) in [5.74, 6) is -5.10.